The minimum atomic E-state index is -0.837. The van der Waals surface area contributed by atoms with Gasteiger partial charge in [0.05, 0.1) is 30.4 Å². The molecule has 0 aliphatic rings. The van der Waals surface area contributed by atoms with E-state index in [2.05, 4.69) is 5.32 Å². The Balaban J connectivity index is 2.45. The highest BCUT2D eigenvalue weighted by Crippen LogP contribution is 2.13. The molecule has 0 saturated carbocycles. The van der Waals surface area contributed by atoms with E-state index < -0.39 is 12.1 Å². The second-order valence-electron chi connectivity index (χ2n) is 3.70. The molecule has 96 valence electrons. The summed E-state index contributed by atoms with van der Waals surface area (Å²) in [5.74, 6) is -0.430. The molecule has 1 rings (SSSR count). The fourth-order valence-corrected chi connectivity index (χ4v) is 1.45. The number of aliphatic hydroxyl groups excluding tert-OH is 1. The number of anilines is 1. The van der Waals surface area contributed by atoms with Crippen LogP contribution in [0.5, 0.6) is 0 Å². The molecule has 0 amide bonds. The maximum atomic E-state index is 11.1. The Labute approximate surface area is 106 Å². The first-order chi connectivity index (χ1) is 8.67. The van der Waals surface area contributed by atoms with Gasteiger partial charge >= 0.3 is 5.97 Å². The number of hydrogen-bond acceptors (Lipinski definition) is 5. The number of esters is 1. The van der Waals surface area contributed by atoms with Crippen LogP contribution in [0.2, 0.25) is 0 Å². The molecule has 0 aliphatic carbocycles. The lowest BCUT2D eigenvalue weighted by molar-refractivity contribution is -0.145. The Hall–Kier alpha value is -2.06. The minimum Gasteiger partial charge on any atom is -0.466 e. The molecule has 1 unspecified atom stereocenters. The predicted octanol–water partition coefficient (Wildman–Crippen LogP) is 1.28. The van der Waals surface area contributed by atoms with Crippen LogP contribution in [-0.4, -0.2) is 30.3 Å². The average Bonchev–Trinajstić information content (AvgIpc) is 2.37. The van der Waals surface area contributed by atoms with Gasteiger partial charge in [0.15, 0.2) is 0 Å². The normalized spacial score (nSPS) is 11.4. The van der Waals surface area contributed by atoms with Crippen molar-refractivity contribution in [3.05, 3.63) is 29.8 Å². The number of para-hydroxylation sites is 1. The molecule has 0 heterocycles. The van der Waals surface area contributed by atoms with Gasteiger partial charge in [-0.1, -0.05) is 12.1 Å². The molecule has 5 heteroatoms. The number of nitriles is 1. The van der Waals surface area contributed by atoms with Crippen LogP contribution in [0.3, 0.4) is 0 Å². The summed E-state index contributed by atoms with van der Waals surface area (Å²) >= 11 is 0. The van der Waals surface area contributed by atoms with Gasteiger partial charge in [0.1, 0.15) is 6.07 Å². The van der Waals surface area contributed by atoms with E-state index >= 15 is 0 Å². The van der Waals surface area contributed by atoms with Crippen LogP contribution in [-0.2, 0) is 9.53 Å². The molecule has 1 atom stereocenters. The Bertz CT molecular complexity index is 440. The molecular formula is C13H16N2O3. The molecule has 0 fully saturated rings. The molecule has 5 nitrogen and oxygen atoms in total. The first-order valence-corrected chi connectivity index (χ1v) is 5.74. The molecule has 0 saturated heterocycles. The van der Waals surface area contributed by atoms with Crippen molar-refractivity contribution in [3.8, 4) is 6.07 Å². The lowest BCUT2D eigenvalue weighted by Crippen LogP contribution is -2.24. The van der Waals surface area contributed by atoms with Crippen LogP contribution in [0.1, 0.15) is 18.9 Å². The summed E-state index contributed by atoms with van der Waals surface area (Å²) < 4.78 is 4.73. The highest BCUT2D eigenvalue weighted by molar-refractivity contribution is 5.70. The molecule has 0 aromatic heterocycles. The molecule has 0 spiro atoms. The summed E-state index contributed by atoms with van der Waals surface area (Å²) in [4.78, 5) is 11.1. The topological polar surface area (TPSA) is 82.3 Å². The molecule has 2 N–H and O–H groups in total. The smallest absolute Gasteiger partial charge is 0.308 e. The summed E-state index contributed by atoms with van der Waals surface area (Å²) in [6, 6.07) is 9.03. The lowest BCUT2D eigenvalue weighted by Gasteiger charge is -2.12. The number of aliphatic hydroxyl groups is 1. The van der Waals surface area contributed by atoms with Crippen molar-refractivity contribution >= 4 is 11.7 Å². The maximum absolute atomic E-state index is 11.1. The van der Waals surface area contributed by atoms with Crippen LogP contribution in [0.25, 0.3) is 0 Å². The maximum Gasteiger partial charge on any atom is 0.308 e. The minimum absolute atomic E-state index is 0.0600. The molecule has 0 bridgehead atoms. The number of rotatable bonds is 6. The van der Waals surface area contributed by atoms with Gasteiger partial charge in [0, 0.05) is 6.54 Å². The van der Waals surface area contributed by atoms with Crippen molar-refractivity contribution in [2.24, 2.45) is 0 Å². The Kier molecular flexibility index (Phi) is 5.68. The standard InChI is InChI=1S/C13H16N2O3/c1-2-18-13(17)7-11(16)9-15-12-6-4-3-5-10(12)8-14/h3-6,11,15-16H,2,7,9H2,1H3. The van der Waals surface area contributed by atoms with Crippen LogP contribution in [0.4, 0.5) is 5.69 Å². The Morgan fingerprint density at radius 1 is 1.56 bits per heavy atom. The highest BCUT2D eigenvalue weighted by atomic mass is 16.5. The fourth-order valence-electron chi connectivity index (χ4n) is 1.45. The molecule has 0 aliphatic heterocycles. The van der Waals surface area contributed by atoms with Gasteiger partial charge in [-0.25, -0.2) is 0 Å². The van der Waals surface area contributed by atoms with E-state index in [9.17, 15) is 9.90 Å². The third kappa shape index (κ3) is 4.44. The summed E-state index contributed by atoms with van der Waals surface area (Å²) in [5.41, 5.74) is 1.14. The van der Waals surface area contributed by atoms with Gasteiger partial charge in [-0.15, -0.1) is 0 Å². The lowest BCUT2D eigenvalue weighted by atomic mass is 10.2. The van der Waals surface area contributed by atoms with Crippen LogP contribution in [0, 0.1) is 11.3 Å². The molecule has 18 heavy (non-hydrogen) atoms. The number of hydrogen-bond donors (Lipinski definition) is 2. The Morgan fingerprint density at radius 2 is 2.28 bits per heavy atom. The van der Waals surface area contributed by atoms with Gasteiger partial charge in [-0.2, -0.15) is 5.26 Å². The highest BCUT2D eigenvalue weighted by Gasteiger charge is 2.11. The second-order valence-corrected chi connectivity index (χ2v) is 3.70. The molecule has 1 aromatic rings. The van der Waals surface area contributed by atoms with Crippen molar-refractivity contribution in [1.29, 1.82) is 5.26 Å². The largest absolute Gasteiger partial charge is 0.466 e. The van der Waals surface area contributed by atoms with Crippen LogP contribution in [0.15, 0.2) is 24.3 Å². The number of carbonyl (C=O) groups is 1. The number of nitrogens with one attached hydrogen (secondary N) is 1. The summed E-state index contributed by atoms with van der Waals surface area (Å²) in [5, 5.41) is 21.4. The zero-order valence-electron chi connectivity index (χ0n) is 10.2. The van der Waals surface area contributed by atoms with Gasteiger partial charge in [-0.3, -0.25) is 4.79 Å². The monoisotopic (exact) mass is 248 g/mol. The van der Waals surface area contributed by atoms with Crippen molar-refractivity contribution in [3.63, 3.8) is 0 Å². The van der Waals surface area contributed by atoms with E-state index in [1.54, 1.807) is 31.2 Å². The van der Waals surface area contributed by atoms with Crippen molar-refractivity contribution in [1.82, 2.24) is 0 Å². The van der Waals surface area contributed by atoms with Crippen LogP contribution >= 0.6 is 0 Å². The van der Waals surface area contributed by atoms with E-state index in [0.29, 0.717) is 17.9 Å². The molecular weight excluding hydrogens is 232 g/mol. The Morgan fingerprint density at radius 3 is 2.94 bits per heavy atom. The fraction of sp³-hybridized carbons (Fsp3) is 0.385. The van der Waals surface area contributed by atoms with E-state index in [1.165, 1.54) is 0 Å². The summed E-state index contributed by atoms with van der Waals surface area (Å²) in [6.45, 7) is 2.21. The van der Waals surface area contributed by atoms with Crippen molar-refractivity contribution in [2.45, 2.75) is 19.4 Å². The van der Waals surface area contributed by atoms with E-state index in [1.807, 2.05) is 6.07 Å². The summed E-state index contributed by atoms with van der Waals surface area (Å²) in [7, 11) is 0. The number of ether oxygens (including phenoxy) is 1. The number of carbonyl (C=O) groups excluding carboxylic acids is 1. The van der Waals surface area contributed by atoms with Gasteiger partial charge < -0.3 is 15.2 Å². The third-order valence-electron chi connectivity index (χ3n) is 2.28. The van der Waals surface area contributed by atoms with E-state index in [-0.39, 0.29) is 13.0 Å². The van der Waals surface area contributed by atoms with Gasteiger partial charge in [-0.05, 0) is 19.1 Å². The SMILES string of the molecule is CCOC(=O)CC(O)CNc1ccccc1C#N. The molecule has 1 aromatic carbocycles. The second kappa shape index (κ2) is 7.30. The quantitative estimate of drug-likeness (QED) is 0.741. The van der Waals surface area contributed by atoms with Crippen molar-refractivity contribution < 1.29 is 14.6 Å². The summed E-state index contributed by atoms with van der Waals surface area (Å²) in [6.07, 6.45) is -0.897. The predicted molar refractivity (Wildman–Crippen MR) is 66.9 cm³/mol. The van der Waals surface area contributed by atoms with Gasteiger partial charge in [0.25, 0.3) is 0 Å². The number of nitrogens with zero attached hydrogens (tertiary/aromatic N) is 1. The molecule has 0 radical (unpaired) electrons. The third-order valence-corrected chi connectivity index (χ3v) is 2.28. The van der Waals surface area contributed by atoms with E-state index in [0.717, 1.165) is 0 Å². The zero-order chi connectivity index (χ0) is 13.4. The first kappa shape index (κ1) is 14.0. The zero-order valence-corrected chi connectivity index (χ0v) is 10.2. The van der Waals surface area contributed by atoms with Crippen molar-refractivity contribution in [2.75, 3.05) is 18.5 Å². The van der Waals surface area contributed by atoms with Gasteiger partial charge in [0.2, 0.25) is 0 Å². The first-order valence-electron chi connectivity index (χ1n) is 5.74. The average molecular weight is 248 g/mol. The number of benzene rings is 1. The van der Waals surface area contributed by atoms with Crippen LogP contribution < -0.4 is 5.32 Å². The van der Waals surface area contributed by atoms with E-state index in [4.69, 9.17) is 10.00 Å².